The molecule has 0 unspecified atom stereocenters. The summed E-state index contributed by atoms with van der Waals surface area (Å²) in [5.41, 5.74) is 0.338. The Hall–Kier alpha value is -1.29. The maximum absolute atomic E-state index is 12.0. The Morgan fingerprint density at radius 3 is 2.50 bits per heavy atom. The van der Waals surface area contributed by atoms with Crippen molar-refractivity contribution in [2.75, 3.05) is 0 Å². The van der Waals surface area contributed by atoms with Crippen LogP contribution < -0.4 is 10.9 Å². The van der Waals surface area contributed by atoms with Gasteiger partial charge in [0.25, 0.3) is 11.5 Å². The lowest BCUT2D eigenvalue weighted by Gasteiger charge is -2.14. The lowest BCUT2D eigenvalue weighted by Crippen LogP contribution is -2.37. The predicted molar refractivity (Wildman–Crippen MR) is 73.3 cm³/mol. The average molecular weight is 271 g/mol. The summed E-state index contributed by atoms with van der Waals surface area (Å²) in [5.74, 6) is -0.366. The summed E-state index contributed by atoms with van der Waals surface area (Å²) in [5, 5.41) is 3.24. The van der Waals surface area contributed by atoms with Gasteiger partial charge < -0.3 is 10.3 Å². The van der Waals surface area contributed by atoms with Crippen LogP contribution in [0, 0.1) is 0 Å². The van der Waals surface area contributed by atoms with Crippen LogP contribution in [0.1, 0.15) is 49.7 Å². The SMILES string of the molecule is CCc1[nH]c(=O)c(C(=O)NC(CC)CC)cc1Cl. The number of aromatic amines is 1. The highest BCUT2D eigenvalue weighted by Crippen LogP contribution is 2.13. The minimum absolute atomic E-state index is 0.0732. The molecule has 1 heterocycles. The molecule has 100 valence electrons. The molecule has 0 aliphatic rings. The molecule has 0 aromatic carbocycles. The second-order valence-corrected chi connectivity index (χ2v) is 4.59. The highest BCUT2D eigenvalue weighted by molar-refractivity contribution is 6.31. The fourth-order valence-electron chi connectivity index (χ4n) is 1.73. The van der Waals surface area contributed by atoms with Gasteiger partial charge in [-0.1, -0.05) is 32.4 Å². The fraction of sp³-hybridized carbons (Fsp3) is 0.538. The Morgan fingerprint density at radius 1 is 1.39 bits per heavy atom. The van der Waals surface area contributed by atoms with Gasteiger partial charge in [0.1, 0.15) is 5.56 Å². The topological polar surface area (TPSA) is 62.0 Å². The summed E-state index contributed by atoms with van der Waals surface area (Å²) in [4.78, 5) is 26.4. The molecule has 0 saturated carbocycles. The minimum atomic E-state index is -0.389. The van der Waals surface area contributed by atoms with Crippen LogP contribution in [0.15, 0.2) is 10.9 Å². The number of aryl methyl sites for hydroxylation is 1. The molecule has 0 aliphatic carbocycles. The molecule has 0 saturated heterocycles. The first-order valence-electron chi connectivity index (χ1n) is 6.25. The van der Waals surface area contributed by atoms with Crippen LogP contribution in [0.4, 0.5) is 0 Å². The van der Waals surface area contributed by atoms with Gasteiger partial charge in [-0.15, -0.1) is 0 Å². The monoisotopic (exact) mass is 270 g/mol. The third kappa shape index (κ3) is 3.35. The van der Waals surface area contributed by atoms with Crippen molar-refractivity contribution in [2.45, 2.75) is 46.1 Å². The van der Waals surface area contributed by atoms with Crippen molar-refractivity contribution >= 4 is 17.5 Å². The van der Waals surface area contributed by atoms with Gasteiger partial charge in [-0.3, -0.25) is 9.59 Å². The third-order valence-electron chi connectivity index (χ3n) is 2.99. The second kappa shape index (κ2) is 6.59. The summed E-state index contributed by atoms with van der Waals surface area (Å²) >= 11 is 6.00. The van der Waals surface area contributed by atoms with Crippen LogP contribution in [0.5, 0.6) is 0 Å². The van der Waals surface area contributed by atoms with Crippen molar-refractivity contribution in [1.82, 2.24) is 10.3 Å². The Balaban J connectivity index is 3.00. The van der Waals surface area contributed by atoms with Crippen molar-refractivity contribution in [3.63, 3.8) is 0 Å². The van der Waals surface area contributed by atoms with Crippen LogP contribution in [-0.2, 0) is 6.42 Å². The highest BCUT2D eigenvalue weighted by atomic mass is 35.5. The Labute approximate surface area is 112 Å². The maximum atomic E-state index is 12.0. The van der Waals surface area contributed by atoms with Gasteiger partial charge in [0, 0.05) is 11.7 Å². The lowest BCUT2D eigenvalue weighted by atomic mass is 10.1. The van der Waals surface area contributed by atoms with Gasteiger partial charge in [0.05, 0.1) is 5.02 Å². The molecule has 5 heteroatoms. The highest BCUT2D eigenvalue weighted by Gasteiger charge is 2.15. The number of carbonyl (C=O) groups is 1. The van der Waals surface area contributed by atoms with Crippen molar-refractivity contribution in [3.8, 4) is 0 Å². The molecule has 0 radical (unpaired) electrons. The van der Waals surface area contributed by atoms with Gasteiger partial charge in [-0.2, -0.15) is 0 Å². The minimum Gasteiger partial charge on any atom is -0.349 e. The van der Waals surface area contributed by atoms with E-state index in [0.29, 0.717) is 17.1 Å². The lowest BCUT2D eigenvalue weighted by molar-refractivity contribution is 0.0933. The van der Waals surface area contributed by atoms with E-state index in [1.54, 1.807) is 0 Å². The average Bonchev–Trinajstić information content (AvgIpc) is 2.37. The summed E-state index contributed by atoms with van der Waals surface area (Å²) in [6.07, 6.45) is 2.30. The molecule has 0 bridgehead atoms. The molecule has 0 spiro atoms. The normalized spacial score (nSPS) is 10.7. The summed E-state index contributed by atoms with van der Waals surface area (Å²) in [6, 6.07) is 1.53. The molecule has 1 amide bonds. The summed E-state index contributed by atoms with van der Waals surface area (Å²) < 4.78 is 0. The fourth-order valence-corrected chi connectivity index (χ4v) is 2.02. The van der Waals surface area contributed by atoms with Crippen LogP contribution in [0.2, 0.25) is 5.02 Å². The maximum Gasteiger partial charge on any atom is 0.261 e. The van der Waals surface area contributed by atoms with E-state index < -0.39 is 0 Å². The molecule has 0 atom stereocenters. The molecule has 4 nitrogen and oxygen atoms in total. The number of H-pyrrole nitrogens is 1. The van der Waals surface area contributed by atoms with Crippen molar-refractivity contribution in [2.24, 2.45) is 0 Å². The zero-order valence-electron chi connectivity index (χ0n) is 11.0. The molecular weight excluding hydrogens is 252 g/mol. The first-order valence-corrected chi connectivity index (χ1v) is 6.63. The van der Waals surface area contributed by atoms with Crippen molar-refractivity contribution < 1.29 is 4.79 Å². The Bertz CT molecular complexity index is 478. The first-order chi connectivity index (χ1) is 8.53. The zero-order chi connectivity index (χ0) is 13.7. The number of pyridine rings is 1. The smallest absolute Gasteiger partial charge is 0.261 e. The standard InChI is InChI=1S/C13H19ClN2O2/c1-4-8(5-2)15-12(17)9-7-10(14)11(6-3)16-13(9)18/h7-8H,4-6H2,1-3H3,(H,15,17)(H,16,18). The molecule has 2 N–H and O–H groups in total. The molecule has 0 fully saturated rings. The molecule has 0 aliphatic heterocycles. The number of amides is 1. The van der Waals surface area contributed by atoms with E-state index in [1.807, 2.05) is 20.8 Å². The summed E-state index contributed by atoms with van der Waals surface area (Å²) in [7, 11) is 0. The van der Waals surface area contributed by atoms with E-state index in [0.717, 1.165) is 12.8 Å². The van der Waals surface area contributed by atoms with Crippen molar-refractivity contribution in [3.05, 3.63) is 32.7 Å². The van der Waals surface area contributed by atoms with Gasteiger partial charge in [0.2, 0.25) is 0 Å². The van der Waals surface area contributed by atoms with E-state index in [2.05, 4.69) is 10.3 Å². The summed E-state index contributed by atoms with van der Waals surface area (Å²) in [6.45, 7) is 5.87. The molecule has 18 heavy (non-hydrogen) atoms. The van der Waals surface area contributed by atoms with E-state index >= 15 is 0 Å². The quantitative estimate of drug-likeness (QED) is 0.864. The molecule has 1 rings (SSSR count). The third-order valence-corrected chi connectivity index (χ3v) is 3.32. The van der Waals surface area contributed by atoms with Crippen LogP contribution in [0.25, 0.3) is 0 Å². The number of hydrogen-bond acceptors (Lipinski definition) is 2. The second-order valence-electron chi connectivity index (χ2n) is 4.18. The predicted octanol–water partition coefficient (Wildman–Crippen LogP) is 2.51. The van der Waals surface area contributed by atoms with Crippen molar-refractivity contribution in [1.29, 1.82) is 0 Å². The largest absolute Gasteiger partial charge is 0.349 e. The van der Waals surface area contributed by atoms with E-state index in [1.165, 1.54) is 6.07 Å². The number of halogens is 1. The van der Waals surface area contributed by atoms with Crippen LogP contribution >= 0.6 is 11.6 Å². The van der Waals surface area contributed by atoms with Crippen LogP contribution in [-0.4, -0.2) is 16.9 Å². The molecule has 1 aromatic rings. The molecule has 1 aromatic heterocycles. The number of aromatic nitrogens is 1. The number of nitrogens with one attached hydrogen (secondary N) is 2. The molecular formula is C13H19ClN2O2. The number of hydrogen-bond donors (Lipinski definition) is 2. The van der Waals surface area contributed by atoms with Gasteiger partial charge in [-0.05, 0) is 25.3 Å². The first kappa shape index (κ1) is 14.8. The van der Waals surface area contributed by atoms with E-state index in [9.17, 15) is 9.59 Å². The number of carbonyl (C=O) groups excluding carboxylic acids is 1. The van der Waals surface area contributed by atoms with E-state index in [4.69, 9.17) is 11.6 Å². The van der Waals surface area contributed by atoms with E-state index in [-0.39, 0.29) is 23.1 Å². The number of rotatable bonds is 5. The van der Waals surface area contributed by atoms with Gasteiger partial charge in [0.15, 0.2) is 0 Å². The zero-order valence-corrected chi connectivity index (χ0v) is 11.7. The van der Waals surface area contributed by atoms with Gasteiger partial charge >= 0.3 is 0 Å². The Morgan fingerprint density at radius 2 is 2.00 bits per heavy atom. The Kier molecular flexibility index (Phi) is 5.41. The van der Waals surface area contributed by atoms with Crippen LogP contribution in [0.3, 0.4) is 0 Å². The van der Waals surface area contributed by atoms with Gasteiger partial charge in [-0.25, -0.2) is 0 Å².